The minimum atomic E-state index is -0.855. The maximum Gasteiger partial charge on any atom is 0.408 e. The fourth-order valence-corrected chi connectivity index (χ4v) is 4.58. The van der Waals surface area contributed by atoms with E-state index in [0.717, 1.165) is 24.0 Å². The summed E-state index contributed by atoms with van der Waals surface area (Å²) in [5.41, 5.74) is 1.78. The van der Waals surface area contributed by atoms with Gasteiger partial charge >= 0.3 is 6.09 Å². The van der Waals surface area contributed by atoms with Crippen LogP contribution in [-0.4, -0.2) is 73.3 Å². The van der Waals surface area contributed by atoms with Crippen molar-refractivity contribution in [1.29, 1.82) is 0 Å². The maximum absolute atomic E-state index is 14.1. The number of hydrogen-bond donors (Lipinski definition) is 1. The summed E-state index contributed by atoms with van der Waals surface area (Å²) in [6, 6.07) is 18.3. The zero-order valence-corrected chi connectivity index (χ0v) is 20.6. The third kappa shape index (κ3) is 6.04. The van der Waals surface area contributed by atoms with Crippen LogP contribution in [0.1, 0.15) is 29.9 Å². The summed E-state index contributed by atoms with van der Waals surface area (Å²) < 4.78 is 5.47. The molecule has 2 aromatic rings. The first kappa shape index (κ1) is 25.5. The second-order valence-electron chi connectivity index (χ2n) is 9.07. The second-order valence-corrected chi connectivity index (χ2v) is 9.07. The Bertz CT molecular complexity index is 933. The molecule has 1 saturated heterocycles. The molecular weight excluding hydrogens is 428 g/mol. The normalized spacial score (nSPS) is 19.6. The highest BCUT2D eigenvalue weighted by Gasteiger charge is 2.44. The number of ether oxygens (including phenoxy) is 1. The molecule has 2 aromatic carbocycles. The van der Waals surface area contributed by atoms with E-state index in [-0.39, 0.29) is 24.8 Å². The van der Waals surface area contributed by atoms with Crippen LogP contribution in [0.15, 0.2) is 73.3 Å². The van der Waals surface area contributed by atoms with Gasteiger partial charge in [-0.3, -0.25) is 14.6 Å². The molecule has 0 spiro atoms. The van der Waals surface area contributed by atoms with Crippen LogP contribution in [0.25, 0.3) is 0 Å². The monoisotopic (exact) mass is 464 g/mol. The number of carbonyl (C=O) groups is 2. The highest BCUT2D eigenvalue weighted by atomic mass is 16.5. The lowest BCUT2D eigenvalue weighted by atomic mass is 9.90. The molecule has 182 valence electrons. The van der Waals surface area contributed by atoms with E-state index < -0.39 is 18.1 Å². The van der Waals surface area contributed by atoms with Gasteiger partial charge in [0.05, 0.1) is 12.3 Å². The Morgan fingerprint density at radius 2 is 1.53 bits per heavy atom. The average molecular weight is 465 g/mol. The van der Waals surface area contributed by atoms with Crippen molar-refractivity contribution in [2.24, 2.45) is 0 Å². The minimum Gasteiger partial charge on any atom is -0.445 e. The summed E-state index contributed by atoms with van der Waals surface area (Å²) in [4.78, 5) is 33.0. The van der Waals surface area contributed by atoms with Crippen molar-refractivity contribution in [3.8, 4) is 0 Å². The fraction of sp³-hybridized carbons (Fsp3) is 0.407. The van der Waals surface area contributed by atoms with Crippen LogP contribution in [0.5, 0.6) is 0 Å². The lowest BCUT2D eigenvalue weighted by Gasteiger charge is -2.39. The van der Waals surface area contributed by atoms with E-state index in [9.17, 15) is 9.59 Å². The quantitative estimate of drug-likeness (QED) is 0.574. The molecule has 3 rings (SSSR count). The minimum absolute atomic E-state index is 0.0641. The molecule has 0 saturated carbocycles. The third-order valence-corrected chi connectivity index (χ3v) is 6.32. The van der Waals surface area contributed by atoms with Crippen molar-refractivity contribution < 1.29 is 14.3 Å². The van der Waals surface area contributed by atoms with Crippen LogP contribution >= 0.6 is 0 Å². The lowest BCUT2D eigenvalue weighted by molar-refractivity contribution is -0.143. The molecule has 7 heteroatoms. The fourth-order valence-electron chi connectivity index (χ4n) is 4.58. The first-order valence-electron chi connectivity index (χ1n) is 11.6. The molecule has 1 fully saturated rings. The molecule has 2 amide bonds. The summed E-state index contributed by atoms with van der Waals surface area (Å²) in [5.74, 6) is -0.565. The van der Waals surface area contributed by atoms with Gasteiger partial charge in [0.2, 0.25) is 5.91 Å². The number of hydrogen-bond acceptors (Lipinski definition) is 5. The number of nitrogens with one attached hydrogen (secondary N) is 1. The molecule has 1 heterocycles. The zero-order valence-electron chi connectivity index (χ0n) is 20.6. The number of nitrogens with zero attached hydrogens (tertiary/aromatic N) is 3. The third-order valence-electron chi connectivity index (χ3n) is 6.32. The maximum atomic E-state index is 14.1. The van der Waals surface area contributed by atoms with Crippen molar-refractivity contribution in [1.82, 2.24) is 20.0 Å². The molecule has 0 bridgehead atoms. The van der Waals surface area contributed by atoms with E-state index in [2.05, 4.69) is 21.7 Å². The summed E-state index contributed by atoms with van der Waals surface area (Å²) in [6.45, 7) is 4.12. The van der Waals surface area contributed by atoms with Crippen LogP contribution in [0.2, 0.25) is 0 Å². The molecule has 0 radical (unpaired) electrons. The van der Waals surface area contributed by atoms with E-state index in [4.69, 9.17) is 4.74 Å². The van der Waals surface area contributed by atoms with Crippen molar-refractivity contribution in [3.63, 3.8) is 0 Å². The number of amides is 2. The number of benzene rings is 2. The summed E-state index contributed by atoms with van der Waals surface area (Å²) in [6.07, 6.45) is 2.68. The Morgan fingerprint density at radius 3 is 2.03 bits per heavy atom. The predicted molar refractivity (Wildman–Crippen MR) is 134 cm³/mol. The SMILES string of the molecule is C=C[C@@H](c1ccccc1)[C@H](NC(=O)OCc1ccccc1)C(=O)N1C(N(C)C)CCC1N(C)C. The van der Waals surface area contributed by atoms with Gasteiger partial charge in [0.15, 0.2) is 0 Å². The van der Waals surface area contributed by atoms with Crippen LogP contribution < -0.4 is 5.32 Å². The Kier molecular flexibility index (Phi) is 8.85. The summed E-state index contributed by atoms with van der Waals surface area (Å²) in [7, 11) is 7.90. The summed E-state index contributed by atoms with van der Waals surface area (Å²) >= 11 is 0. The molecular formula is C27H36N4O3. The zero-order chi connectivity index (χ0) is 24.7. The van der Waals surface area contributed by atoms with Gasteiger partial charge in [-0.15, -0.1) is 6.58 Å². The molecule has 0 aliphatic carbocycles. The number of carbonyl (C=O) groups excluding carboxylic acids is 2. The van der Waals surface area contributed by atoms with E-state index in [1.165, 1.54) is 0 Å². The van der Waals surface area contributed by atoms with Gasteiger partial charge in [-0.25, -0.2) is 4.79 Å². The Morgan fingerprint density at radius 1 is 1.00 bits per heavy atom. The predicted octanol–water partition coefficient (Wildman–Crippen LogP) is 3.65. The first-order chi connectivity index (χ1) is 16.3. The van der Waals surface area contributed by atoms with Gasteiger partial charge < -0.3 is 15.0 Å². The van der Waals surface area contributed by atoms with Gasteiger partial charge in [-0.05, 0) is 52.2 Å². The molecule has 2 unspecified atom stereocenters. The summed E-state index contributed by atoms with van der Waals surface area (Å²) in [5, 5.41) is 2.87. The van der Waals surface area contributed by atoms with Crippen molar-refractivity contribution >= 4 is 12.0 Å². The van der Waals surface area contributed by atoms with E-state index in [1.807, 2.05) is 93.8 Å². The molecule has 4 atom stereocenters. The number of rotatable bonds is 9. The van der Waals surface area contributed by atoms with Gasteiger partial charge in [0, 0.05) is 5.92 Å². The largest absolute Gasteiger partial charge is 0.445 e. The molecule has 1 aliphatic rings. The van der Waals surface area contributed by atoms with E-state index >= 15 is 0 Å². The van der Waals surface area contributed by atoms with Gasteiger partial charge in [-0.1, -0.05) is 66.7 Å². The molecule has 34 heavy (non-hydrogen) atoms. The van der Waals surface area contributed by atoms with Gasteiger partial charge in [0.1, 0.15) is 12.6 Å². The lowest BCUT2D eigenvalue weighted by Crippen LogP contribution is -2.59. The van der Waals surface area contributed by atoms with Crippen LogP contribution in [0, 0.1) is 0 Å². The van der Waals surface area contributed by atoms with Gasteiger partial charge in [-0.2, -0.15) is 0 Å². The molecule has 0 aromatic heterocycles. The highest BCUT2D eigenvalue weighted by molar-refractivity contribution is 5.87. The Hall–Kier alpha value is -3.16. The molecule has 7 nitrogen and oxygen atoms in total. The first-order valence-corrected chi connectivity index (χ1v) is 11.6. The van der Waals surface area contributed by atoms with E-state index in [0.29, 0.717) is 0 Å². The van der Waals surface area contributed by atoms with Gasteiger partial charge in [0.25, 0.3) is 0 Å². The van der Waals surface area contributed by atoms with Crippen molar-refractivity contribution in [2.75, 3.05) is 28.2 Å². The van der Waals surface area contributed by atoms with Crippen molar-refractivity contribution in [3.05, 3.63) is 84.4 Å². The topological polar surface area (TPSA) is 65.1 Å². The second kappa shape index (κ2) is 11.8. The highest BCUT2D eigenvalue weighted by Crippen LogP contribution is 2.31. The number of alkyl carbamates (subject to hydrolysis) is 1. The number of likely N-dealkylation sites (tertiary alicyclic amines) is 1. The van der Waals surface area contributed by atoms with Crippen molar-refractivity contribution in [2.45, 2.75) is 43.7 Å². The van der Waals surface area contributed by atoms with E-state index in [1.54, 1.807) is 6.08 Å². The van der Waals surface area contributed by atoms with Crippen LogP contribution in [-0.2, 0) is 16.1 Å². The Labute approximate surface area is 203 Å². The molecule has 1 N–H and O–H groups in total. The standard InChI is InChI=1S/C27H36N4O3/c1-6-22(21-15-11-8-12-16-21)25(28-27(33)34-19-20-13-9-7-10-14-20)26(32)31-23(29(2)3)17-18-24(31)30(4)5/h6-16,22-25H,1,17-19H2,2-5H3,(H,28,33)/t22-,23?,24?,25-/m0/s1. The van der Waals surface area contributed by atoms with Crippen LogP contribution in [0.3, 0.4) is 0 Å². The smallest absolute Gasteiger partial charge is 0.408 e. The Balaban J connectivity index is 1.89. The van der Waals surface area contributed by atoms with Crippen LogP contribution in [0.4, 0.5) is 4.79 Å². The average Bonchev–Trinajstić information content (AvgIpc) is 3.29. The molecule has 1 aliphatic heterocycles.